The molecule has 2 N–H and O–H groups in total. The molecule has 0 bridgehead atoms. The summed E-state index contributed by atoms with van der Waals surface area (Å²) in [6.07, 6.45) is 4.44. The van der Waals surface area contributed by atoms with Crippen molar-refractivity contribution in [3.05, 3.63) is 53.5 Å². The molecule has 1 amide bonds. The fourth-order valence-electron chi connectivity index (χ4n) is 2.50. The molecule has 0 fully saturated rings. The van der Waals surface area contributed by atoms with E-state index in [0.29, 0.717) is 12.2 Å². The number of aromatic nitrogens is 3. The maximum absolute atomic E-state index is 12.0. The summed E-state index contributed by atoms with van der Waals surface area (Å²) >= 11 is 0. The first-order chi connectivity index (χ1) is 10.1. The number of fused-ring (bicyclic) bond motifs is 1. The molecule has 0 saturated carbocycles. The molecule has 0 saturated heterocycles. The SMILES string of the molecule is Cc1ccc2[nH]cc(CCNC(=O)c3ccnn3C)c2c1. The first-order valence-electron chi connectivity index (χ1n) is 6.98. The van der Waals surface area contributed by atoms with Crippen molar-refractivity contribution in [2.45, 2.75) is 13.3 Å². The normalized spacial score (nSPS) is 11.0. The van der Waals surface area contributed by atoms with Gasteiger partial charge in [0.2, 0.25) is 0 Å². The van der Waals surface area contributed by atoms with Gasteiger partial charge in [0.1, 0.15) is 5.69 Å². The van der Waals surface area contributed by atoms with E-state index in [4.69, 9.17) is 0 Å². The molecule has 1 aromatic carbocycles. The topological polar surface area (TPSA) is 62.7 Å². The number of hydrogen-bond donors (Lipinski definition) is 2. The zero-order valence-electron chi connectivity index (χ0n) is 12.2. The minimum atomic E-state index is -0.0916. The Morgan fingerprint density at radius 2 is 2.24 bits per heavy atom. The van der Waals surface area contributed by atoms with Crippen LogP contribution in [0.4, 0.5) is 0 Å². The van der Waals surface area contributed by atoms with Crippen molar-refractivity contribution in [1.29, 1.82) is 0 Å². The second-order valence-electron chi connectivity index (χ2n) is 5.21. The fraction of sp³-hybridized carbons (Fsp3) is 0.250. The number of carbonyl (C=O) groups excluding carboxylic acids is 1. The molecule has 21 heavy (non-hydrogen) atoms. The van der Waals surface area contributed by atoms with E-state index in [1.54, 1.807) is 24.0 Å². The molecule has 0 radical (unpaired) electrons. The fourth-order valence-corrected chi connectivity index (χ4v) is 2.50. The minimum Gasteiger partial charge on any atom is -0.361 e. The van der Waals surface area contributed by atoms with Crippen LogP contribution in [0.15, 0.2) is 36.7 Å². The van der Waals surface area contributed by atoms with Gasteiger partial charge in [0.05, 0.1) is 0 Å². The maximum Gasteiger partial charge on any atom is 0.269 e. The first-order valence-corrected chi connectivity index (χ1v) is 6.98. The second kappa shape index (κ2) is 5.44. The largest absolute Gasteiger partial charge is 0.361 e. The van der Waals surface area contributed by atoms with Crippen LogP contribution in [-0.4, -0.2) is 27.2 Å². The quantitative estimate of drug-likeness (QED) is 0.770. The molecule has 0 atom stereocenters. The number of nitrogens with zero attached hydrogens (tertiary/aromatic N) is 2. The lowest BCUT2D eigenvalue weighted by molar-refractivity contribution is 0.0945. The number of carbonyl (C=O) groups is 1. The molecule has 5 heteroatoms. The highest BCUT2D eigenvalue weighted by atomic mass is 16.2. The van der Waals surface area contributed by atoms with Gasteiger partial charge in [-0.25, -0.2) is 0 Å². The number of aromatic amines is 1. The predicted octanol–water partition coefficient (Wildman–Crippen LogP) is 2.18. The van der Waals surface area contributed by atoms with Gasteiger partial charge in [-0.15, -0.1) is 0 Å². The standard InChI is InChI=1S/C16H18N4O/c1-11-3-4-14-13(9-11)12(10-18-14)5-7-17-16(21)15-6-8-19-20(15)2/h3-4,6,8-10,18H,5,7H2,1-2H3,(H,17,21). The van der Waals surface area contributed by atoms with Crippen molar-refractivity contribution in [2.75, 3.05) is 6.54 Å². The van der Waals surface area contributed by atoms with Crippen LogP contribution < -0.4 is 5.32 Å². The van der Waals surface area contributed by atoms with Crippen LogP contribution in [0, 0.1) is 6.92 Å². The van der Waals surface area contributed by atoms with Crippen LogP contribution in [0.5, 0.6) is 0 Å². The van der Waals surface area contributed by atoms with Crippen molar-refractivity contribution in [3.63, 3.8) is 0 Å². The summed E-state index contributed by atoms with van der Waals surface area (Å²) in [6.45, 7) is 2.69. The Labute approximate surface area is 123 Å². The lowest BCUT2D eigenvalue weighted by atomic mass is 10.1. The van der Waals surface area contributed by atoms with E-state index in [-0.39, 0.29) is 5.91 Å². The molecule has 0 spiro atoms. The number of benzene rings is 1. The highest BCUT2D eigenvalue weighted by molar-refractivity contribution is 5.92. The Hall–Kier alpha value is -2.56. The highest BCUT2D eigenvalue weighted by Gasteiger charge is 2.09. The smallest absolute Gasteiger partial charge is 0.269 e. The molecule has 108 valence electrons. The van der Waals surface area contributed by atoms with Gasteiger partial charge in [0.25, 0.3) is 5.91 Å². The van der Waals surface area contributed by atoms with E-state index in [9.17, 15) is 4.79 Å². The number of H-pyrrole nitrogens is 1. The Bertz CT molecular complexity index is 785. The third kappa shape index (κ3) is 2.67. The molecule has 3 aromatic rings. The van der Waals surface area contributed by atoms with Gasteiger partial charge in [-0.1, -0.05) is 11.6 Å². The van der Waals surface area contributed by atoms with Crippen LogP contribution in [0.3, 0.4) is 0 Å². The summed E-state index contributed by atoms with van der Waals surface area (Å²) in [5, 5.41) is 8.15. The summed E-state index contributed by atoms with van der Waals surface area (Å²) in [4.78, 5) is 15.3. The Kier molecular flexibility index (Phi) is 3.48. The van der Waals surface area contributed by atoms with E-state index < -0.39 is 0 Å². The molecule has 2 heterocycles. The van der Waals surface area contributed by atoms with Gasteiger partial charge in [-0.3, -0.25) is 9.48 Å². The summed E-state index contributed by atoms with van der Waals surface area (Å²) in [5.41, 5.74) is 4.17. The predicted molar refractivity (Wildman–Crippen MR) is 82.3 cm³/mol. The van der Waals surface area contributed by atoms with Crippen molar-refractivity contribution in [2.24, 2.45) is 7.05 Å². The second-order valence-corrected chi connectivity index (χ2v) is 5.21. The Morgan fingerprint density at radius 3 is 3.00 bits per heavy atom. The van der Waals surface area contributed by atoms with Gasteiger partial charge >= 0.3 is 0 Å². The zero-order valence-corrected chi connectivity index (χ0v) is 12.2. The van der Waals surface area contributed by atoms with E-state index in [1.165, 1.54) is 16.5 Å². The number of aryl methyl sites for hydroxylation is 2. The average molecular weight is 282 g/mol. The van der Waals surface area contributed by atoms with Crippen molar-refractivity contribution < 1.29 is 4.79 Å². The summed E-state index contributed by atoms with van der Waals surface area (Å²) in [7, 11) is 1.76. The lowest BCUT2D eigenvalue weighted by Gasteiger charge is -2.05. The van der Waals surface area contributed by atoms with Crippen molar-refractivity contribution in [1.82, 2.24) is 20.1 Å². The maximum atomic E-state index is 12.0. The number of rotatable bonds is 4. The number of nitrogens with one attached hydrogen (secondary N) is 2. The molecular weight excluding hydrogens is 264 g/mol. The van der Waals surface area contributed by atoms with E-state index in [0.717, 1.165) is 11.9 Å². The molecule has 5 nitrogen and oxygen atoms in total. The number of hydrogen-bond acceptors (Lipinski definition) is 2. The molecule has 0 aliphatic heterocycles. The first kappa shape index (κ1) is 13.4. The number of amides is 1. The van der Waals surface area contributed by atoms with Gasteiger partial charge in [-0.2, -0.15) is 5.10 Å². The minimum absolute atomic E-state index is 0.0916. The van der Waals surface area contributed by atoms with Crippen molar-refractivity contribution in [3.8, 4) is 0 Å². The van der Waals surface area contributed by atoms with Crippen LogP contribution in [-0.2, 0) is 13.5 Å². The van der Waals surface area contributed by atoms with Gasteiger partial charge in [0.15, 0.2) is 0 Å². The third-order valence-corrected chi connectivity index (χ3v) is 3.66. The van der Waals surface area contributed by atoms with Crippen LogP contribution in [0.1, 0.15) is 21.6 Å². The van der Waals surface area contributed by atoms with E-state index >= 15 is 0 Å². The zero-order chi connectivity index (χ0) is 14.8. The molecular formula is C16H18N4O. The van der Waals surface area contributed by atoms with Crippen LogP contribution >= 0.6 is 0 Å². The Morgan fingerprint density at radius 1 is 1.38 bits per heavy atom. The highest BCUT2D eigenvalue weighted by Crippen LogP contribution is 2.19. The molecule has 0 unspecified atom stereocenters. The van der Waals surface area contributed by atoms with Crippen LogP contribution in [0.2, 0.25) is 0 Å². The van der Waals surface area contributed by atoms with Gasteiger partial charge in [-0.05, 0) is 37.1 Å². The summed E-state index contributed by atoms with van der Waals surface area (Å²) in [5.74, 6) is -0.0916. The van der Waals surface area contributed by atoms with Crippen molar-refractivity contribution >= 4 is 16.8 Å². The molecule has 0 aliphatic carbocycles. The molecule has 2 aromatic heterocycles. The van der Waals surface area contributed by atoms with E-state index in [1.807, 2.05) is 6.20 Å². The average Bonchev–Trinajstić information content (AvgIpc) is 3.05. The van der Waals surface area contributed by atoms with Gasteiger partial charge in [0, 0.05) is 36.9 Å². The van der Waals surface area contributed by atoms with E-state index in [2.05, 4.69) is 40.5 Å². The Balaban J connectivity index is 1.66. The van der Waals surface area contributed by atoms with Crippen LogP contribution in [0.25, 0.3) is 10.9 Å². The summed E-state index contributed by atoms with van der Waals surface area (Å²) in [6, 6.07) is 8.06. The van der Waals surface area contributed by atoms with Gasteiger partial charge < -0.3 is 10.3 Å². The monoisotopic (exact) mass is 282 g/mol. The third-order valence-electron chi connectivity index (χ3n) is 3.66. The summed E-state index contributed by atoms with van der Waals surface area (Å²) < 4.78 is 1.57. The molecule has 0 aliphatic rings. The molecule has 3 rings (SSSR count). The lowest BCUT2D eigenvalue weighted by Crippen LogP contribution is -2.27.